The van der Waals surface area contributed by atoms with Crippen LogP contribution in [0.2, 0.25) is 0 Å². The van der Waals surface area contributed by atoms with Crippen molar-refractivity contribution < 1.29 is 5.11 Å². The normalized spacial score (nSPS) is 17.6. The lowest BCUT2D eigenvalue weighted by Gasteiger charge is -2.35. The molecule has 8 heteroatoms. The number of nitrogens with zero attached hydrogens (tertiary/aromatic N) is 5. The highest BCUT2D eigenvalue weighted by molar-refractivity contribution is 14.1. The Morgan fingerprint density at radius 1 is 1.15 bits per heavy atom. The van der Waals surface area contributed by atoms with Gasteiger partial charge < -0.3 is 10.0 Å². The van der Waals surface area contributed by atoms with E-state index >= 15 is 0 Å². The highest BCUT2D eigenvalue weighted by Crippen LogP contribution is 2.34. The number of nitrogens with one attached hydrogen (secondary N) is 1. The van der Waals surface area contributed by atoms with Crippen molar-refractivity contribution in [3.8, 4) is 17.0 Å². The topological polar surface area (TPSA) is 81.2 Å². The molecule has 7 nitrogen and oxygen atoms in total. The zero-order valence-corrected chi connectivity index (χ0v) is 16.7. The van der Waals surface area contributed by atoms with E-state index in [1.165, 1.54) is 0 Å². The molecule has 0 radical (unpaired) electrons. The van der Waals surface area contributed by atoms with E-state index in [0.717, 1.165) is 43.9 Å². The number of likely N-dealkylation sites (N-methyl/N-ethyl adjacent to an activating group) is 1. The van der Waals surface area contributed by atoms with Crippen molar-refractivity contribution in [3.05, 3.63) is 36.0 Å². The van der Waals surface area contributed by atoms with Gasteiger partial charge in [0.2, 0.25) is 5.65 Å². The Labute approximate surface area is 165 Å². The van der Waals surface area contributed by atoms with Gasteiger partial charge in [-0.3, -0.25) is 10.00 Å². The van der Waals surface area contributed by atoms with Crippen LogP contribution in [0, 0.1) is 0 Å². The van der Waals surface area contributed by atoms with Crippen molar-refractivity contribution in [2.24, 2.45) is 0 Å². The summed E-state index contributed by atoms with van der Waals surface area (Å²) >= 11 is 2.48. The third-order valence-electron chi connectivity index (χ3n) is 4.88. The van der Waals surface area contributed by atoms with Gasteiger partial charge in [0.05, 0.1) is 15.1 Å². The molecule has 1 aromatic carbocycles. The van der Waals surface area contributed by atoms with Crippen molar-refractivity contribution in [2.45, 2.75) is 10.5 Å². The van der Waals surface area contributed by atoms with Gasteiger partial charge in [0.1, 0.15) is 5.69 Å². The molecule has 0 spiro atoms. The lowest BCUT2D eigenvalue weighted by Crippen LogP contribution is -2.47. The quantitative estimate of drug-likeness (QED) is 0.351. The van der Waals surface area contributed by atoms with Gasteiger partial charge >= 0.3 is 0 Å². The molecule has 136 valence electrons. The first-order valence-electron chi connectivity index (χ1n) is 8.68. The summed E-state index contributed by atoms with van der Waals surface area (Å²) in [5.41, 5.74) is 2.70. The van der Waals surface area contributed by atoms with E-state index in [1.807, 2.05) is 30.3 Å². The molecule has 1 fully saturated rings. The van der Waals surface area contributed by atoms with Crippen LogP contribution in [-0.4, -0.2) is 72.6 Å². The van der Waals surface area contributed by atoms with Crippen molar-refractivity contribution in [2.75, 3.05) is 33.2 Å². The van der Waals surface area contributed by atoms with E-state index in [-0.39, 0.29) is 5.75 Å². The number of aromatic hydroxyl groups is 1. The van der Waals surface area contributed by atoms with Crippen LogP contribution in [0.3, 0.4) is 0 Å². The molecule has 0 amide bonds. The van der Waals surface area contributed by atoms with E-state index in [9.17, 15) is 5.11 Å². The Balaban J connectivity index is 1.64. The summed E-state index contributed by atoms with van der Waals surface area (Å²) in [6.07, 6.45) is 0.772. The molecule has 1 atom stereocenters. The van der Waals surface area contributed by atoms with E-state index in [1.54, 1.807) is 0 Å². The minimum atomic E-state index is 0.145. The Morgan fingerprint density at radius 3 is 2.62 bits per heavy atom. The van der Waals surface area contributed by atoms with Gasteiger partial charge in [0.15, 0.2) is 5.75 Å². The van der Waals surface area contributed by atoms with Gasteiger partial charge in [0, 0.05) is 38.2 Å². The Bertz CT molecular complexity index is 891. The van der Waals surface area contributed by atoms with Crippen molar-refractivity contribution in [1.29, 1.82) is 0 Å². The number of halogens is 1. The van der Waals surface area contributed by atoms with Gasteiger partial charge in [-0.2, -0.15) is 5.10 Å². The second-order valence-electron chi connectivity index (χ2n) is 6.64. The fraction of sp³-hybridized carbons (Fsp3) is 0.389. The molecule has 0 saturated carbocycles. The Kier molecular flexibility index (Phi) is 5.05. The van der Waals surface area contributed by atoms with E-state index in [0.29, 0.717) is 20.8 Å². The molecule has 1 saturated heterocycles. The first kappa shape index (κ1) is 17.6. The molecular formula is C18H21IN6O. The van der Waals surface area contributed by atoms with Gasteiger partial charge in [-0.1, -0.05) is 52.9 Å². The van der Waals surface area contributed by atoms with E-state index in [4.69, 9.17) is 0 Å². The Morgan fingerprint density at radius 2 is 1.88 bits per heavy atom. The minimum absolute atomic E-state index is 0.145. The lowest BCUT2D eigenvalue weighted by atomic mass is 10.1. The summed E-state index contributed by atoms with van der Waals surface area (Å²) in [5.74, 6) is 0.145. The van der Waals surface area contributed by atoms with Crippen LogP contribution in [-0.2, 0) is 6.42 Å². The van der Waals surface area contributed by atoms with Gasteiger partial charge in [-0.25, -0.2) is 0 Å². The number of piperazine rings is 1. The highest BCUT2D eigenvalue weighted by atomic mass is 127. The molecule has 1 unspecified atom stereocenters. The average Bonchev–Trinajstić information content (AvgIpc) is 3.07. The zero-order valence-electron chi connectivity index (χ0n) is 14.6. The number of fused-ring (bicyclic) bond motifs is 1. The first-order valence-corrected chi connectivity index (χ1v) is 9.92. The number of H-pyrrole nitrogens is 1. The molecule has 2 aromatic heterocycles. The molecule has 26 heavy (non-hydrogen) atoms. The van der Waals surface area contributed by atoms with Crippen LogP contribution < -0.4 is 0 Å². The number of alkyl halides is 1. The van der Waals surface area contributed by atoms with Gasteiger partial charge in [0.25, 0.3) is 0 Å². The predicted octanol–water partition coefficient (Wildman–Crippen LogP) is 2.28. The van der Waals surface area contributed by atoms with Crippen LogP contribution >= 0.6 is 22.6 Å². The van der Waals surface area contributed by atoms with Crippen molar-refractivity contribution >= 4 is 33.6 Å². The summed E-state index contributed by atoms with van der Waals surface area (Å²) in [5, 5.41) is 27.2. The lowest BCUT2D eigenvalue weighted by molar-refractivity contribution is 0.149. The molecule has 3 heterocycles. The second kappa shape index (κ2) is 7.45. The van der Waals surface area contributed by atoms with E-state index < -0.39 is 0 Å². The van der Waals surface area contributed by atoms with Gasteiger partial charge in [-0.15, -0.1) is 10.2 Å². The first-order chi connectivity index (χ1) is 12.6. The number of benzene rings is 1. The molecular weight excluding hydrogens is 443 g/mol. The summed E-state index contributed by atoms with van der Waals surface area (Å²) < 4.78 is 0.331. The largest absolute Gasteiger partial charge is 0.505 e. The van der Waals surface area contributed by atoms with Crippen LogP contribution in [0.4, 0.5) is 0 Å². The maximum atomic E-state index is 10.8. The number of rotatable bonds is 4. The summed E-state index contributed by atoms with van der Waals surface area (Å²) in [4.78, 5) is 4.82. The average molecular weight is 464 g/mol. The molecule has 2 N–H and O–H groups in total. The number of aromatic amines is 1. The van der Waals surface area contributed by atoms with Crippen LogP contribution in [0.5, 0.6) is 5.75 Å². The second-order valence-corrected chi connectivity index (χ2v) is 8.08. The minimum Gasteiger partial charge on any atom is -0.505 e. The SMILES string of the molecule is CN1CCN(C(I)Cc2[nH]nc3nnc(-c4ccccc4)c(O)c23)CC1. The van der Waals surface area contributed by atoms with Crippen molar-refractivity contribution in [3.63, 3.8) is 0 Å². The standard InChI is InChI=1S/C18H21IN6O/c1-24-7-9-25(10-8-24)14(19)11-13-15-17(26)16(12-5-3-2-4-6-12)21-23-18(15)22-20-13/h2-6,14H,7-11H2,1H3,(H2,20,22,23,26). The highest BCUT2D eigenvalue weighted by Gasteiger charge is 2.24. The number of aromatic nitrogens is 4. The third-order valence-corrected chi connectivity index (χ3v) is 6.11. The predicted molar refractivity (Wildman–Crippen MR) is 109 cm³/mol. The molecule has 4 rings (SSSR count). The zero-order chi connectivity index (χ0) is 18.1. The summed E-state index contributed by atoms with van der Waals surface area (Å²) in [7, 11) is 2.16. The molecule has 0 aliphatic carbocycles. The maximum absolute atomic E-state index is 10.8. The number of hydrogen-bond donors (Lipinski definition) is 2. The van der Waals surface area contributed by atoms with Crippen LogP contribution in [0.15, 0.2) is 30.3 Å². The van der Waals surface area contributed by atoms with Gasteiger partial charge in [-0.05, 0) is 7.05 Å². The molecule has 1 aliphatic rings. The Hall–Kier alpha value is -1.78. The summed E-state index contributed by atoms with van der Waals surface area (Å²) in [6, 6.07) is 9.62. The van der Waals surface area contributed by atoms with E-state index in [2.05, 4.69) is 59.8 Å². The van der Waals surface area contributed by atoms with Crippen LogP contribution in [0.1, 0.15) is 5.69 Å². The smallest absolute Gasteiger partial charge is 0.206 e. The number of hydrogen-bond acceptors (Lipinski definition) is 6. The maximum Gasteiger partial charge on any atom is 0.206 e. The van der Waals surface area contributed by atoms with Crippen LogP contribution in [0.25, 0.3) is 22.3 Å². The third kappa shape index (κ3) is 3.40. The monoisotopic (exact) mass is 464 g/mol. The fourth-order valence-electron chi connectivity index (χ4n) is 3.29. The fourth-order valence-corrected chi connectivity index (χ4v) is 4.29. The molecule has 1 aliphatic heterocycles. The molecule has 3 aromatic rings. The van der Waals surface area contributed by atoms with Crippen molar-refractivity contribution in [1.82, 2.24) is 30.2 Å². The summed E-state index contributed by atoms with van der Waals surface area (Å²) in [6.45, 7) is 4.27. The molecule has 0 bridgehead atoms.